The van der Waals surface area contributed by atoms with Gasteiger partial charge in [0.25, 0.3) is 0 Å². The van der Waals surface area contributed by atoms with Crippen molar-refractivity contribution < 1.29 is 8.42 Å². The molecule has 0 atom stereocenters. The van der Waals surface area contributed by atoms with Gasteiger partial charge in [0.05, 0.1) is 16.3 Å². The average Bonchev–Trinajstić information content (AvgIpc) is 2.23. The number of para-hydroxylation sites is 1. The first-order chi connectivity index (χ1) is 7.06. The zero-order valence-electron chi connectivity index (χ0n) is 9.03. The van der Waals surface area contributed by atoms with E-state index in [0.717, 1.165) is 17.7 Å². The Kier molecular flexibility index (Phi) is 2.46. The maximum atomic E-state index is 11.9. The Labute approximate surface area is 90.6 Å². The fourth-order valence-electron chi connectivity index (χ4n) is 2.02. The Bertz CT molecular complexity index is 479. The minimum absolute atomic E-state index is 0.226. The summed E-state index contributed by atoms with van der Waals surface area (Å²) in [4.78, 5) is 2.53. The maximum absolute atomic E-state index is 11.9. The van der Waals surface area contributed by atoms with Gasteiger partial charge in [0, 0.05) is 13.6 Å². The summed E-state index contributed by atoms with van der Waals surface area (Å²) in [7, 11) is -1.10. The van der Waals surface area contributed by atoms with E-state index in [4.69, 9.17) is 0 Å². The highest BCUT2D eigenvalue weighted by Crippen LogP contribution is 2.32. The first-order valence-corrected chi connectivity index (χ1v) is 6.77. The molecule has 0 aromatic heterocycles. The first kappa shape index (κ1) is 10.5. The van der Waals surface area contributed by atoms with Crippen molar-refractivity contribution in [3.05, 3.63) is 23.8 Å². The van der Waals surface area contributed by atoms with E-state index in [1.807, 2.05) is 31.0 Å². The van der Waals surface area contributed by atoms with Gasteiger partial charge >= 0.3 is 0 Å². The average molecular weight is 225 g/mol. The largest absolute Gasteiger partial charge is 0.372 e. The highest BCUT2D eigenvalue weighted by Gasteiger charge is 2.27. The molecule has 0 bridgehead atoms. The molecule has 0 fully saturated rings. The Morgan fingerprint density at radius 1 is 1.40 bits per heavy atom. The van der Waals surface area contributed by atoms with E-state index in [9.17, 15) is 8.42 Å². The molecule has 0 amide bonds. The third-order valence-electron chi connectivity index (χ3n) is 2.88. The fraction of sp³-hybridized carbons (Fsp3) is 0.455. The van der Waals surface area contributed by atoms with Gasteiger partial charge in [0.2, 0.25) is 0 Å². The number of hydrogen-bond acceptors (Lipinski definition) is 3. The zero-order valence-corrected chi connectivity index (χ0v) is 9.84. The monoisotopic (exact) mass is 225 g/mol. The number of hydrogen-bond donors (Lipinski definition) is 0. The molecule has 1 aliphatic heterocycles. The van der Waals surface area contributed by atoms with Crippen molar-refractivity contribution in [3.8, 4) is 0 Å². The second kappa shape index (κ2) is 3.52. The third-order valence-corrected chi connectivity index (χ3v) is 4.60. The van der Waals surface area contributed by atoms with E-state index in [0.29, 0.717) is 11.4 Å². The van der Waals surface area contributed by atoms with Gasteiger partial charge in [-0.05, 0) is 18.1 Å². The van der Waals surface area contributed by atoms with Gasteiger partial charge in [0.1, 0.15) is 0 Å². The molecule has 0 aliphatic carbocycles. The zero-order chi connectivity index (χ0) is 11.1. The molecular formula is C11H15NO2S. The molecule has 0 saturated carbocycles. The smallest absolute Gasteiger partial charge is 0.182 e. The third kappa shape index (κ3) is 1.63. The molecule has 4 heteroatoms. The van der Waals surface area contributed by atoms with Crippen LogP contribution < -0.4 is 4.90 Å². The molecule has 82 valence electrons. The second-order valence-electron chi connectivity index (χ2n) is 3.86. The number of aryl methyl sites for hydroxylation is 1. The molecule has 0 unspecified atom stereocenters. The Morgan fingerprint density at radius 3 is 2.80 bits per heavy atom. The minimum atomic E-state index is -3.05. The number of rotatable bonds is 1. The molecule has 1 aliphatic rings. The lowest BCUT2D eigenvalue weighted by Crippen LogP contribution is -2.32. The molecule has 0 saturated heterocycles. The van der Waals surface area contributed by atoms with E-state index < -0.39 is 9.84 Å². The van der Waals surface area contributed by atoms with Crippen molar-refractivity contribution in [1.82, 2.24) is 0 Å². The van der Waals surface area contributed by atoms with Crippen LogP contribution in [0.1, 0.15) is 12.5 Å². The first-order valence-electron chi connectivity index (χ1n) is 5.12. The molecule has 15 heavy (non-hydrogen) atoms. The molecular weight excluding hydrogens is 210 g/mol. The molecule has 1 aromatic rings. The maximum Gasteiger partial charge on any atom is 0.182 e. The summed E-state index contributed by atoms with van der Waals surface area (Å²) in [5.74, 6) is 0.226. The Balaban J connectivity index is 2.72. The summed E-state index contributed by atoms with van der Waals surface area (Å²) in [5, 5.41) is 0. The van der Waals surface area contributed by atoms with Crippen LogP contribution in [0.15, 0.2) is 23.1 Å². The Hall–Kier alpha value is -1.03. The molecule has 1 aromatic carbocycles. The number of fused-ring (bicyclic) bond motifs is 1. The SMILES string of the molecule is CCc1cccc2c1N(C)CCS2(=O)=O. The van der Waals surface area contributed by atoms with Gasteiger partial charge in [-0.25, -0.2) is 8.42 Å². The number of sulfone groups is 1. The van der Waals surface area contributed by atoms with E-state index in [1.54, 1.807) is 6.07 Å². The lowest BCUT2D eigenvalue weighted by molar-refractivity contribution is 0.591. The van der Waals surface area contributed by atoms with E-state index >= 15 is 0 Å². The van der Waals surface area contributed by atoms with Crippen LogP contribution >= 0.6 is 0 Å². The predicted molar refractivity (Wildman–Crippen MR) is 61.1 cm³/mol. The van der Waals surface area contributed by atoms with E-state index in [-0.39, 0.29) is 5.75 Å². The van der Waals surface area contributed by atoms with Gasteiger partial charge in [0.15, 0.2) is 9.84 Å². The van der Waals surface area contributed by atoms with Crippen molar-refractivity contribution in [3.63, 3.8) is 0 Å². The summed E-state index contributed by atoms with van der Waals surface area (Å²) in [6.45, 7) is 2.64. The molecule has 2 rings (SSSR count). The van der Waals surface area contributed by atoms with Crippen molar-refractivity contribution in [2.24, 2.45) is 0 Å². The molecule has 0 spiro atoms. The highest BCUT2D eigenvalue weighted by atomic mass is 32.2. The number of anilines is 1. The van der Waals surface area contributed by atoms with Gasteiger partial charge in [-0.2, -0.15) is 0 Å². The van der Waals surface area contributed by atoms with Crippen LogP contribution in [-0.2, 0) is 16.3 Å². The van der Waals surface area contributed by atoms with Crippen LogP contribution in [0, 0.1) is 0 Å². The van der Waals surface area contributed by atoms with Crippen LogP contribution in [-0.4, -0.2) is 27.8 Å². The quantitative estimate of drug-likeness (QED) is 0.726. The van der Waals surface area contributed by atoms with Crippen LogP contribution in [0.3, 0.4) is 0 Å². The molecule has 0 N–H and O–H groups in total. The van der Waals surface area contributed by atoms with Crippen LogP contribution in [0.4, 0.5) is 5.69 Å². The normalized spacial score (nSPS) is 18.7. The van der Waals surface area contributed by atoms with Crippen molar-refractivity contribution >= 4 is 15.5 Å². The second-order valence-corrected chi connectivity index (χ2v) is 5.94. The lowest BCUT2D eigenvalue weighted by Gasteiger charge is -2.29. The fourth-order valence-corrected chi connectivity index (χ4v) is 3.62. The number of benzene rings is 1. The van der Waals surface area contributed by atoms with E-state index in [2.05, 4.69) is 0 Å². The van der Waals surface area contributed by atoms with Gasteiger partial charge < -0.3 is 4.90 Å². The standard InChI is InChI=1S/C11H15NO2S/c1-3-9-5-4-6-10-11(9)12(2)7-8-15(10,13)14/h4-6H,3,7-8H2,1-2H3. The van der Waals surface area contributed by atoms with Gasteiger partial charge in [-0.15, -0.1) is 0 Å². The van der Waals surface area contributed by atoms with Gasteiger partial charge in [-0.3, -0.25) is 0 Å². The summed E-state index contributed by atoms with van der Waals surface area (Å²) >= 11 is 0. The van der Waals surface area contributed by atoms with Crippen LogP contribution in [0.25, 0.3) is 0 Å². The predicted octanol–water partition coefficient (Wildman–Crippen LogP) is 1.47. The van der Waals surface area contributed by atoms with Crippen molar-refractivity contribution in [1.29, 1.82) is 0 Å². The van der Waals surface area contributed by atoms with Crippen molar-refractivity contribution in [2.75, 3.05) is 24.2 Å². The highest BCUT2D eigenvalue weighted by molar-refractivity contribution is 7.91. The summed E-state index contributed by atoms with van der Waals surface area (Å²) < 4.78 is 23.7. The van der Waals surface area contributed by atoms with Gasteiger partial charge in [-0.1, -0.05) is 19.1 Å². The molecule has 1 heterocycles. The Morgan fingerprint density at radius 2 is 2.13 bits per heavy atom. The lowest BCUT2D eigenvalue weighted by atomic mass is 10.1. The summed E-state index contributed by atoms with van der Waals surface area (Å²) in [5.41, 5.74) is 2.00. The molecule has 3 nitrogen and oxygen atoms in total. The van der Waals surface area contributed by atoms with E-state index in [1.165, 1.54) is 0 Å². The van der Waals surface area contributed by atoms with Crippen LogP contribution in [0.5, 0.6) is 0 Å². The van der Waals surface area contributed by atoms with Crippen molar-refractivity contribution in [2.45, 2.75) is 18.2 Å². The van der Waals surface area contributed by atoms with Crippen LogP contribution in [0.2, 0.25) is 0 Å². The summed E-state index contributed by atoms with van der Waals surface area (Å²) in [6, 6.07) is 5.53. The number of nitrogens with zero attached hydrogens (tertiary/aromatic N) is 1. The minimum Gasteiger partial charge on any atom is -0.372 e. The molecule has 0 radical (unpaired) electrons. The topological polar surface area (TPSA) is 37.4 Å². The summed E-state index contributed by atoms with van der Waals surface area (Å²) in [6.07, 6.45) is 0.864.